The zero-order chi connectivity index (χ0) is 12.5. The first-order valence-electron chi connectivity index (χ1n) is 6.63. The summed E-state index contributed by atoms with van der Waals surface area (Å²) >= 11 is 0. The quantitative estimate of drug-likeness (QED) is 0.880. The van der Waals surface area contributed by atoms with Crippen LogP contribution in [0.1, 0.15) is 24.8 Å². The summed E-state index contributed by atoms with van der Waals surface area (Å²) in [6, 6.07) is 8.73. The largest absolute Gasteiger partial charge is 0.464 e. The van der Waals surface area contributed by atoms with Crippen LogP contribution in [0.25, 0.3) is 16.5 Å². The average Bonchev–Trinajstić information content (AvgIpc) is 2.79. The fraction of sp³-hybridized carbons (Fsp3) is 0.375. The second-order valence-corrected chi connectivity index (χ2v) is 5.16. The lowest BCUT2D eigenvalue weighted by Crippen LogP contribution is -2.38. The summed E-state index contributed by atoms with van der Waals surface area (Å²) in [5.41, 5.74) is 3.31. The van der Waals surface area contributed by atoms with Crippen molar-refractivity contribution < 1.29 is 4.42 Å². The van der Waals surface area contributed by atoms with Gasteiger partial charge in [0.25, 0.3) is 0 Å². The van der Waals surface area contributed by atoms with E-state index in [1.54, 1.807) is 6.26 Å². The Balaban J connectivity index is 1.89. The van der Waals surface area contributed by atoms with Crippen molar-refractivity contribution in [2.45, 2.75) is 25.3 Å². The monoisotopic (exact) mass is 241 g/mol. The van der Waals surface area contributed by atoms with Crippen molar-refractivity contribution in [3.05, 3.63) is 42.7 Å². The van der Waals surface area contributed by atoms with E-state index < -0.39 is 0 Å². The molecule has 1 fully saturated rings. The minimum absolute atomic E-state index is 0.395. The Morgan fingerprint density at radius 2 is 2.22 bits per heavy atom. The second-order valence-electron chi connectivity index (χ2n) is 5.16. The minimum atomic E-state index is 0.395. The van der Waals surface area contributed by atoms with Crippen LogP contribution in [0.15, 0.2) is 41.5 Å². The van der Waals surface area contributed by atoms with E-state index in [9.17, 15) is 0 Å². The van der Waals surface area contributed by atoms with Crippen molar-refractivity contribution in [3.8, 4) is 0 Å². The van der Waals surface area contributed by atoms with Crippen molar-refractivity contribution in [2.24, 2.45) is 5.92 Å². The summed E-state index contributed by atoms with van der Waals surface area (Å²) in [7, 11) is 2.03. The van der Waals surface area contributed by atoms with Crippen LogP contribution in [0.4, 0.5) is 0 Å². The first-order valence-corrected chi connectivity index (χ1v) is 6.63. The van der Waals surface area contributed by atoms with Gasteiger partial charge in [-0.3, -0.25) is 0 Å². The van der Waals surface area contributed by atoms with E-state index in [0.717, 1.165) is 16.9 Å². The lowest BCUT2D eigenvalue weighted by molar-refractivity contribution is 0.273. The van der Waals surface area contributed by atoms with Gasteiger partial charge in [0, 0.05) is 11.4 Å². The molecule has 2 heteroatoms. The zero-order valence-electron chi connectivity index (χ0n) is 10.8. The number of furan rings is 1. The van der Waals surface area contributed by atoms with Crippen LogP contribution in [0.5, 0.6) is 0 Å². The van der Waals surface area contributed by atoms with Crippen LogP contribution in [0.2, 0.25) is 0 Å². The smallest absolute Gasteiger partial charge is 0.134 e. The number of fused-ring (bicyclic) bond motifs is 1. The van der Waals surface area contributed by atoms with Crippen LogP contribution < -0.4 is 5.32 Å². The first-order chi connectivity index (χ1) is 8.79. The summed E-state index contributed by atoms with van der Waals surface area (Å²) < 4.78 is 5.46. The van der Waals surface area contributed by atoms with E-state index >= 15 is 0 Å². The molecule has 1 saturated carbocycles. The average molecular weight is 241 g/mol. The van der Waals surface area contributed by atoms with Crippen LogP contribution in [0, 0.1) is 5.92 Å². The van der Waals surface area contributed by atoms with Crippen molar-refractivity contribution in [1.82, 2.24) is 5.32 Å². The Labute approximate surface area is 108 Å². The Morgan fingerprint density at radius 3 is 2.89 bits per heavy atom. The Kier molecular flexibility index (Phi) is 2.96. The summed E-state index contributed by atoms with van der Waals surface area (Å²) in [4.78, 5) is 0. The molecule has 94 valence electrons. The molecule has 1 aliphatic rings. The molecule has 1 N–H and O–H groups in total. The maximum absolute atomic E-state index is 5.46. The molecule has 0 saturated heterocycles. The molecule has 1 aromatic heterocycles. The predicted octanol–water partition coefficient (Wildman–Crippen LogP) is 3.83. The second kappa shape index (κ2) is 4.62. The van der Waals surface area contributed by atoms with Gasteiger partial charge in [0.1, 0.15) is 5.58 Å². The number of hydrogen-bond acceptors (Lipinski definition) is 2. The molecule has 0 bridgehead atoms. The third kappa shape index (κ3) is 1.87. The fourth-order valence-corrected chi connectivity index (χ4v) is 2.80. The molecular weight excluding hydrogens is 222 g/mol. The molecule has 0 aliphatic heterocycles. The van der Waals surface area contributed by atoms with Gasteiger partial charge in [0.05, 0.1) is 6.26 Å². The molecule has 0 radical (unpaired) electrons. The standard InChI is InChI=1S/C16H19NO/c1-11(16(17-2)13-4-3-5-13)14-7-6-12-8-9-18-15(12)10-14/h6-10,13,16-17H,1,3-5H2,2H3. The van der Waals surface area contributed by atoms with Gasteiger partial charge < -0.3 is 9.73 Å². The highest BCUT2D eigenvalue weighted by Crippen LogP contribution is 2.35. The summed E-state index contributed by atoms with van der Waals surface area (Å²) in [5.74, 6) is 0.745. The number of likely N-dealkylation sites (N-methyl/N-ethyl adjacent to an activating group) is 1. The molecule has 18 heavy (non-hydrogen) atoms. The molecule has 1 unspecified atom stereocenters. The van der Waals surface area contributed by atoms with Gasteiger partial charge in [-0.15, -0.1) is 0 Å². The highest BCUT2D eigenvalue weighted by molar-refractivity contribution is 5.82. The van der Waals surface area contributed by atoms with Crippen molar-refractivity contribution in [1.29, 1.82) is 0 Å². The predicted molar refractivity (Wildman–Crippen MR) is 75.4 cm³/mol. The van der Waals surface area contributed by atoms with Gasteiger partial charge >= 0.3 is 0 Å². The van der Waals surface area contributed by atoms with Crippen molar-refractivity contribution in [2.75, 3.05) is 7.05 Å². The van der Waals surface area contributed by atoms with E-state index in [0.29, 0.717) is 6.04 Å². The number of rotatable bonds is 4. The Bertz CT molecular complexity index is 565. The van der Waals surface area contributed by atoms with Crippen LogP contribution >= 0.6 is 0 Å². The molecule has 1 aliphatic carbocycles. The van der Waals surface area contributed by atoms with Gasteiger partial charge in [-0.25, -0.2) is 0 Å². The molecule has 1 aromatic carbocycles. The van der Waals surface area contributed by atoms with E-state index in [2.05, 4.69) is 30.1 Å². The van der Waals surface area contributed by atoms with E-state index in [-0.39, 0.29) is 0 Å². The van der Waals surface area contributed by atoms with Gasteiger partial charge in [-0.05, 0) is 49.1 Å². The van der Waals surface area contributed by atoms with Gasteiger partial charge in [0.15, 0.2) is 0 Å². The molecule has 3 rings (SSSR count). The number of hydrogen-bond donors (Lipinski definition) is 1. The lowest BCUT2D eigenvalue weighted by Gasteiger charge is -2.35. The topological polar surface area (TPSA) is 25.2 Å². The minimum Gasteiger partial charge on any atom is -0.464 e. The van der Waals surface area contributed by atoms with Crippen LogP contribution in [0.3, 0.4) is 0 Å². The first kappa shape index (κ1) is 11.5. The maximum Gasteiger partial charge on any atom is 0.134 e. The zero-order valence-corrected chi connectivity index (χ0v) is 10.8. The van der Waals surface area contributed by atoms with E-state index in [1.807, 2.05) is 13.1 Å². The molecule has 0 amide bonds. The third-order valence-electron chi connectivity index (χ3n) is 4.13. The Hall–Kier alpha value is -1.54. The van der Waals surface area contributed by atoms with E-state index in [4.69, 9.17) is 4.42 Å². The SMILES string of the molecule is C=C(c1ccc2ccoc2c1)C(NC)C1CCC1. The lowest BCUT2D eigenvalue weighted by atomic mass is 9.76. The van der Waals surface area contributed by atoms with Gasteiger partial charge in [-0.2, -0.15) is 0 Å². The summed E-state index contributed by atoms with van der Waals surface area (Å²) in [6.45, 7) is 4.29. The van der Waals surface area contributed by atoms with Gasteiger partial charge in [-0.1, -0.05) is 25.1 Å². The molecule has 0 spiro atoms. The fourth-order valence-electron chi connectivity index (χ4n) is 2.80. The summed E-state index contributed by atoms with van der Waals surface area (Å²) in [6.07, 6.45) is 5.72. The molecule has 1 heterocycles. The normalized spacial score (nSPS) is 17.6. The molecule has 2 nitrogen and oxygen atoms in total. The van der Waals surface area contributed by atoms with Crippen LogP contribution in [-0.2, 0) is 0 Å². The highest BCUT2D eigenvalue weighted by Gasteiger charge is 2.28. The van der Waals surface area contributed by atoms with Crippen molar-refractivity contribution >= 4 is 16.5 Å². The number of benzene rings is 1. The Morgan fingerprint density at radius 1 is 1.39 bits per heavy atom. The molecule has 1 atom stereocenters. The molecule has 2 aromatic rings. The van der Waals surface area contributed by atoms with Crippen molar-refractivity contribution in [3.63, 3.8) is 0 Å². The number of nitrogens with one attached hydrogen (secondary N) is 1. The van der Waals surface area contributed by atoms with Gasteiger partial charge in [0.2, 0.25) is 0 Å². The molecular formula is C16H19NO. The maximum atomic E-state index is 5.46. The van der Waals surface area contributed by atoms with E-state index in [1.165, 1.54) is 30.4 Å². The summed E-state index contributed by atoms with van der Waals surface area (Å²) in [5, 5.41) is 4.56. The van der Waals surface area contributed by atoms with Crippen LogP contribution in [-0.4, -0.2) is 13.1 Å². The third-order valence-corrected chi connectivity index (χ3v) is 4.13. The highest BCUT2D eigenvalue weighted by atomic mass is 16.3.